The maximum Gasteiger partial charge on any atom is 0.338 e. The second-order valence-corrected chi connectivity index (χ2v) is 6.83. The molecular formula is C14H16N2O3S2. The molecule has 0 aromatic carbocycles. The van der Waals surface area contributed by atoms with Crippen molar-refractivity contribution in [2.24, 2.45) is 0 Å². The molecule has 5 nitrogen and oxygen atoms in total. The van der Waals surface area contributed by atoms with Crippen LogP contribution in [0.4, 0.5) is 9.80 Å². The Kier molecular flexibility index (Phi) is 4.64. The number of rotatable bonds is 4. The molecule has 0 saturated heterocycles. The summed E-state index contributed by atoms with van der Waals surface area (Å²) in [4.78, 5) is 25.2. The van der Waals surface area contributed by atoms with E-state index in [0.717, 1.165) is 9.75 Å². The molecule has 0 saturated carbocycles. The van der Waals surface area contributed by atoms with Gasteiger partial charge in [0, 0.05) is 9.75 Å². The molecule has 2 aromatic heterocycles. The highest BCUT2D eigenvalue weighted by atomic mass is 32.1. The molecule has 2 heterocycles. The molecule has 0 bridgehead atoms. The molecule has 21 heavy (non-hydrogen) atoms. The van der Waals surface area contributed by atoms with Crippen molar-refractivity contribution in [3.05, 3.63) is 38.4 Å². The lowest BCUT2D eigenvalue weighted by molar-refractivity contribution is 0.0697. The van der Waals surface area contributed by atoms with Crippen LogP contribution in [0.15, 0.2) is 17.5 Å². The molecule has 0 unspecified atom stereocenters. The lowest BCUT2D eigenvalue weighted by Gasteiger charge is -2.12. The van der Waals surface area contributed by atoms with Crippen LogP contribution < -0.4 is 10.6 Å². The summed E-state index contributed by atoms with van der Waals surface area (Å²) in [5.74, 6) is -1.03. The number of urea groups is 1. The molecule has 3 N–H and O–H groups in total. The zero-order valence-corrected chi connectivity index (χ0v) is 13.5. The van der Waals surface area contributed by atoms with Gasteiger partial charge < -0.3 is 10.4 Å². The molecule has 0 aliphatic rings. The van der Waals surface area contributed by atoms with Crippen molar-refractivity contribution in [1.29, 1.82) is 0 Å². The number of carbonyl (C=O) groups excluding carboxylic acids is 1. The van der Waals surface area contributed by atoms with Crippen LogP contribution in [0.1, 0.15) is 38.6 Å². The van der Waals surface area contributed by atoms with E-state index in [-0.39, 0.29) is 11.6 Å². The molecule has 2 aromatic rings. The van der Waals surface area contributed by atoms with Crippen LogP contribution in [0.25, 0.3) is 0 Å². The van der Waals surface area contributed by atoms with E-state index in [1.165, 1.54) is 11.3 Å². The van der Waals surface area contributed by atoms with Gasteiger partial charge in [-0.15, -0.1) is 22.7 Å². The standard InChI is InChI=1S/C14H16N2O3S2/c1-7-9(3)21-12(11(7)13(17)18)16-14(19)15-8(2)10-5-4-6-20-10/h4-6,8H,1-3H3,(H,17,18)(H2,15,16,19)/t8-/m0/s1. The quantitative estimate of drug-likeness (QED) is 0.795. The number of hydrogen-bond donors (Lipinski definition) is 3. The number of nitrogens with one attached hydrogen (secondary N) is 2. The molecule has 0 aliphatic carbocycles. The van der Waals surface area contributed by atoms with Crippen molar-refractivity contribution < 1.29 is 14.7 Å². The highest BCUT2D eigenvalue weighted by Gasteiger charge is 2.21. The fourth-order valence-corrected chi connectivity index (χ4v) is 3.70. The van der Waals surface area contributed by atoms with Crippen LogP contribution in [-0.4, -0.2) is 17.1 Å². The lowest BCUT2D eigenvalue weighted by Crippen LogP contribution is -2.31. The molecule has 0 spiro atoms. The molecule has 2 rings (SSSR count). The van der Waals surface area contributed by atoms with Crippen molar-refractivity contribution in [1.82, 2.24) is 5.32 Å². The first-order chi connectivity index (χ1) is 9.90. The number of thiophene rings is 2. The van der Waals surface area contributed by atoms with Crippen LogP contribution in [-0.2, 0) is 0 Å². The van der Waals surface area contributed by atoms with E-state index in [1.54, 1.807) is 18.3 Å². The van der Waals surface area contributed by atoms with Gasteiger partial charge in [-0.1, -0.05) is 6.07 Å². The number of carboxylic acid groups (broad SMARTS) is 1. The molecule has 7 heteroatoms. The van der Waals surface area contributed by atoms with E-state index in [4.69, 9.17) is 0 Å². The second-order valence-electron chi connectivity index (χ2n) is 4.63. The molecule has 1 atom stereocenters. The second kappa shape index (κ2) is 6.28. The van der Waals surface area contributed by atoms with Gasteiger partial charge in [0.2, 0.25) is 0 Å². The maximum absolute atomic E-state index is 12.0. The van der Waals surface area contributed by atoms with Crippen molar-refractivity contribution in [2.75, 3.05) is 5.32 Å². The zero-order valence-electron chi connectivity index (χ0n) is 11.9. The Balaban J connectivity index is 2.10. The van der Waals surface area contributed by atoms with Gasteiger partial charge in [-0.3, -0.25) is 5.32 Å². The summed E-state index contributed by atoms with van der Waals surface area (Å²) in [6, 6.07) is 3.34. The summed E-state index contributed by atoms with van der Waals surface area (Å²) >= 11 is 2.83. The first kappa shape index (κ1) is 15.5. The van der Waals surface area contributed by atoms with Gasteiger partial charge in [-0.2, -0.15) is 0 Å². The summed E-state index contributed by atoms with van der Waals surface area (Å²) in [5.41, 5.74) is 0.852. The maximum atomic E-state index is 12.0. The van der Waals surface area contributed by atoms with Crippen LogP contribution >= 0.6 is 22.7 Å². The monoisotopic (exact) mass is 324 g/mol. The Morgan fingerprint density at radius 1 is 1.33 bits per heavy atom. The van der Waals surface area contributed by atoms with Crippen LogP contribution in [0, 0.1) is 13.8 Å². The Bertz CT molecular complexity index is 662. The van der Waals surface area contributed by atoms with Gasteiger partial charge in [-0.25, -0.2) is 9.59 Å². The van der Waals surface area contributed by atoms with Gasteiger partial charge >= 0.3 is 12.0 Å². The van der Waals surface area contributed by atoms with Crippen LogP contribution in [0.2, 0.25) is 0 Å². The van der Waals surface area contributed by atoms with Crippen LogP contribution in [0.5, 0.6) is 0 Å². The minimum Gasteiger partial charge on any atom is -0.478 e. The van der Waals surface area contributed by atoms with Crippen LogP contribution in [0.3, 0.4) is 0 Å². The number of aromatic carboxylic acids is 1. The first-order valence-corrected chi connectivity index (χ1v) is 8.04. The predicted molar refractivity (Wildman–Crippen MR) is 85.6 cm³/mol. The highest BCUT2D eigenvalue weighted by Crippen LogP contribution is 2.32. The lowest BCUT2D eigenvalue weighted by atomic mass is 10.1. The third-order valence-corrected chi connectivity index (χ3v) is 5.32. The van der Waals surface area contributed by atoms with E-state index in [0.29, 0.717) is 10.6 Å². The largest absolute Gasteiger partial charge is 0.478 e. The van der Waals surface area contributed by atoms with E-state index >= 15 is 0 Å². The first-order valence-electron chi connectivity index (χ1n) is 6.34. The van der Waals surface area contributed by atoms with Gasteiger partial charge in [-0.05, 0) is 37.8 Å². The van der Waals surface area contributed by atoms with Crippen molar-refractivity contribution in [3.63, 3.8) is 0 Å². The fraction of sp³-hybridized carbons (Fsp3) is 0.286. The number of amides is 2. The van der Waals surface area contributed by atoms with E-state index in [1.807, 2.05) is 31.4 Å². The summed E-state index contributed by atoms with van der Waals surface area (Å²) in [6.07, 6.45) is 0. The summed E-state index contributed by atoms with van der Waals surface area (Å²) < 4.78 is 0. The smallest absolute Gasteiger partial charge is 0.338 e. The molecule has 0 radical (unpaired) electrons. The summed E-state index contributed by atoms with van der Waals surface area (Å²) in [6.45, 7) is 5.46. The number of hydrogen-bond acceptors (Lipinski definition) is 4. The number of anilines is 1. The Morgan fingerprint density at radius 2 is 2.05 bits per heavy atom. The SMILES string of the molecule is Cc1sc(NC(=O)N[C@@H](C)c2cccs2)c(C(=O)O)c1C. The predicted octanol–water partition coefficient (Wildman–Crippen LogP) is 4.01. The number of aryl methyl sites for hydroxylation is 1. The third-order valence-electron chi connectivity index (χ3n) is 3.14. The normalized spacial score (nSPS) is 12.0. The Morgan fingerprint density at radius 3 is 2.62 bits per heavy atom. The van der Waals surface area contributed by atoms with E-state index in [9.17, 15) is 14.7 Å². The minimum atomic E-state index is -1.03. The third kappa shape index (κ3) is 3.43. The topological polar surface area (TPSA) is 78.4 Å². The molecular weight excluding hydrogens is 308 g/mol. The van der Waals surface area contributed by atoms with Gasteiger partial charge in [0.15, 0.2) is 0 Å². The Labute approximate surface area is 130 Å². The molecule has 112 valence electrons. The van der Waals surface area contributed by atoms with Crippen molar-refractivity contribution in [3.8, 4) is 0 Å². The number of carboxylic acids is 1. The van der Waals surface area contributed by atoms with Crippen molar-refractivity contribution in [2.45, 2.75) is 26.8 Å². The number of carbonyl (C=O) groups is 2. The zero-order chi connectivity index (χ0) is 15.6. The highest BCUT2D eigenvalue weighted by molar-refractivity contribution is 7.16. The van der Waals surface area contributed by atoms with Gasteiger partial charge in [0.1, 0.15) is 5.00 Å². The molecule has 0 fully saturated rings. The minimum absolute atomic E-state index is 0.125. The Hall–Kier alpha value is -1.86. The molecule has 0 aliphatic heterocycles. The van der Waals surface area contributed by atoms with E-state index < -0.39 is 12.0 Å². The average Bonchev–Trinajstić information content (AvgIpc) is 2.99. The molecule has 2 amide bonds. The van der Waals surface area contributed by atoms with Gasteiger partial charge in [0.25, 0.3) is 0 Å². The summed E-state index contributed by atoms with van der Waals surface area (Å²) in [7, 11) is 0. The fourth-order valence-electron chi connectivity index (χ4n) is 1.92. The van der Waals surface area contributed by atoms with E-state index in [2.05, 4.69) is 10.6 Å². The summed E-state index contributed by atoms with van der Waals surface area (Å²) in [5, 5.41) is 17.0. The average molecular weight is 324 g/mol. The van der Waals surface area contributed by atoms with Crippen molar-refractivity contribution >= 4 is 39.7 Å². The van der Waals surface area contributed by atoms with Gasteiger partial charge in [0.05, 0.1) is 11.6 Å².